The van der Waals surface area contributed by atoms with E-state index in [0.717, 1.165) is 33.1 Å². The van der Waals surface area contributed by atoms with Gasteiger partial charge in [-0.15, -0.1) is 0 Å². The molecule has 0 saturated carbocycles. The Bertz CT molecular complexity index is 1180. The van der Waals surface area contributed by atoms with E-state index in [1.54, 1.807) is 12.1 Å². The molecule has 7 heteroatoms. The first-order chi connectivity index (χ1) is 17.7. The Balaban J connectivity index is 1.92. The molecule has 0 aliphatic carbocycles. The Hall–Kier alpha value is -3.19. The summed E-state index contributed by atoms with van der Waals surface area (Å²) in [7, 11) is 0. The van der Waals surface area contributed by atoms with Crippen molar-refractivity contribution in [3.63, 3.8) is 0 Å². The number of amides is 2. The van der Waals surface area contributed by atoms with Crippen LogP contribution in [0.25, 0.3) is 0 Å². The molecule has 3 rings (SSSR count). The number of aryl methyl sites for hydroxylation is 2. The van der Waals surface area contributed by atoms with E-state index in [9.17, 15) is 14.0 Å². The molecule has 0 aromatic heterocycles. The van der Waals surface area contributed by atoms with E-state index in [1.807, 2.05) is 70.2 Å². The zero-order chi connectivity index (χ0) is 26.9. The molecule has 0 unspecified atom stereocenters. The summed E-state index contributed by atoms with van der Waals surface area (Å²) < 4.78 is 20.5. The highest BCUT2D eigenvalue weighted by Gasteiger charge is 2.31. The summed E-state index contributed by atoms with van der Waals surface area (Å²) in [5, 5.41) is 3.04. The summed E-state index contributed by atoms with van der Waals surface area (Å²) in [5.74, 6) is -0.343. The maximum atomic E-state index is 13.7. The third-order valence-electron chi connectivity index (χ3n) is 6.31. The molecular weight excluding hydrogens is 535 g/mol. The Morgan fingerprint density at radius 2 is 1.62 bits per heavy atom. The first-order valence-electron chi connectivity index (χ1n) is 12.5. The second kappa shape index (κ2) is 13.4. The largest absolute Gasteiger partial charge is 0.484 e. The zero-order valence-corrected chi connectivity index (χ0v) is 23.3. The Labute approximate surface area is 227 Å². The van der Waals surface area contributed by atoms with Gasteiger partial charge in [-0.2, -0.15) is 0 Å². The topological polar surface area (TPSA) is 58.6 Å². The predicted octanol–water partition coefficient (Wildman–Crippen LogP) is 6.14. The molecule has 0 aliphatic heterocycles. The van der Waals surface area contributed by atoms with E-state index in [1.165, 1.54) is 17.0 Å². The SMILES string of the molecule is CC[C@H](C)NC(=O)[C@@H](Cc1ccccc1)N(Cc1ccc(F)cc1)C(=O)COc1cc(C)c(Br)c(C)c1. The van der Waals surface area contributed by atoms with E-state index >= 15 is 0 Å². The lowest BCUT2D eigenvalue weighted by atomic mass is 10.0. The van der Waals surface area contributed by atoms with Gasteiger partial charge in [0, 0.05) is 23.5 Å². The fourth-order valence-corrected chi connectivity index (χ4v) is 4.23. The monoisotopic (exact) mass is 568 g/mol. The molecule has 0 radical (unpaired) electrons. The smallest absolute Gasteiger partial charge is 0.261 e. The van der Waals surface area contributed by atoms with Crippen molar-refractivity contribution in [2.75, 3.05) is 6.61 Å². The van der Waals surface area contributed by atoms with Gasteiger partial charge in [0.05, 0.1) is 0 Å². The summed E-state index contributed by atoms with van der Waals surface area (Å²) in [6.07, 6.45) is 1.10. The maximum Gasteiger partial charge on any atom is 0.261 e. The van der Waals surface area contributed by atoms with Gasteiger partial charge >= 0.3 is 0 Å². The van der Waals surface area contributed by atoms with E-state index < -0.39 is 6.04 Å². The molecular formula is C30H34BrFN2O3. The molecule has 2 atom stereocenters. The summed E-state index contributed by atoms with van der Waals surface area (Å²) in [5.41, 5.74) is 3.66. The van der Waals surface area contributed by atoms with Gasteiger partial charge in [0.25, 0.3) is 5.91 Å². The second-order valence-electron chi connectivity index (χ2n) is 9.33. The molecule has 0 saturated heterocycles. The average molecular weight is 570 g/mol. The molecule has 37 heavy (non-hydrogen) atoms. The summed E-state index contributed by atoms with van der Waals surface area (Å²) in [6, 6.07) is 18.5. The maximum absolute atomic E-state index is 13.7. The van der Waals surface area contributed by atoms with Crippen LogP contribution in [0.5, 0.6) is 5.75 Å². The molecule has 0 spiro atoms. The molecule has 3 aromatic carbocycles. The molecule has 196 valence electrons. The van der Waals surface area contributed by atoms with Gasteiger partial charge < -0.3 is 15.0 Å². The standard InChI is InChI=1S/C30H34BrFN2O3/c1-5-22(4)33-30(36)27(17-23-9-7-6-8-10-23)34(18-24-11-13-25(32)14-12-24)28(35)19-37-26-15-20(2)29(31)21(3)16-26/h6-16,22,27H,5,17-19H2,1-4H3,(H,33,36)/t22-,27+/m0/s1. The van der Waals surface area contributed by atoms with Gasteiger partial charge in [0.2, 0.25) is 5.91 Å². The summed E-state index contributed by atoms with van der Waals surface area (Å²) in [4.78, 5) is 28.7. The Kier molecular flexibility index (Phi) is 10.3. The molecule has 0 heterocycles. The number of ether oxygens (including phenoxy) is 1. The van der Waals surface area contributed by atoms with Gasteiger partial charge in [-0.05, 0) is 73.7 Å². The number of benzene rings is 3. The van der Waals surface area contributed by atoms with E-state index in [-0.39, 0.29) is 36.8 Å². The fourth-order valence-electron chi connectivity index (χ4n) is 4.00. The highest BCUT2D eigenvalue weighted by molar-refractivity contribution is 9.10. The van der Waals surface area contributed by atoms with Crippen LogP contribution in [0.4, 0.5) is 4.39 Å². The molecule has 0 bridgehead atoms. The molecule has 5 nitrogen and oxygen atoms in total. The van der Waals surface area contributed by atoms with Crippen LogP contribution in [0.1, 0.15) is 42.5 Å². The van der Waals surface area contributed by atoms with Crippen LogP contribution in [-0.2, 0) is 22.6 Å². The van der Waals surface area contributed by atoms with Crippen LogP contribution >= 0.6 is 15.9 Å². The number of hydrogen-bond acceptors (Lipinski definition) is 3. The van der Waals surface area contributed by atoms with Crippen LogP contribution in [0.3, 0.4) is 0 Å². The highest BCUT2D eigenvalue weighted by atomic mass is 79.9. The molecule has 2 amide bonds. The highest BCUT2D eigenvalue weighted by Crippen LogP contribution is 2.26. The lowest BCUT2D eigenvalue weighted by Gasteiger charge is -2.32. The first kappa shape index (κ1) is 28.4. The number of hydrogen-bond donors (Lipinski definition) is 1. The van der Waals surface area contributed by atoms with Crippen LogP contribution in [0, 0.1) is 19.7 Å². The van der Waals surface area contributed by atoms with Crippen molar-refractivity contribution in [3.8, 4) is 5.75 Å². The van der Waals surface area contributed by atoms with Crippen molar-refractivity contribution in [1.29, 1.82) is 0 Å². The number of nitrogens with one attached hydrogen (secondary N) is 1. The molecule has 3 aromatic rings. The number of rotatable bonds is 11. The average Bonchev–Trinajstić information content (AvgIpc) is 2.89. The fraction of sp³-hybridized carbons (Fsp3) is 0.333. The third kappa shape index (κ3) is 8.15. The number of carbonyl (C=O) groups is 2. The van der Waals surface area contributed by atoms with Crippen molar-refractivity contribution in [3.05, 3.63) is 99.3 Å². The van der Waals surface area contributed by atoms with E-state index in [2.05, 4.69) is 21.2 Å². The summed E-state index contributed by atoms with van der Waals surface area (Å²) >= 11 is 3.55. The van der Waals surface area contributed by atoms with E-state index in [4.69, 9.17) is 4.74 Å². The normalized spacial score (nSPS) is 12.5. The van der Waals surface area contributed by atoms with Crippen LogP contribution in [-0.4, -0.2) is 35.4 Å². The van der Waals surface area contributed by atoms with Crippen molar-refractivity contribution in [1.82, 2.24) is 10.2 Å². The molecule has 0 aliphatic rings. The summed E-state index contributed by atoms with van der Waals surface area (Å²) in [6.45, 7) is 7.76. The van der Waals surface area contributed by atoms with Gasteiger partial charge in [-0.1, -0.05) is 65.3 Å². The minimum atomic E-state index is -0.772. The van der Waals surface area contributed by atoms with E-state index in [0.29, 0.717) is 12.2 Å². The number of halogens is 2. The Morgan fingerprint density at radius 3 is 2.22 bits per heavy atom. The van der Waals surface area contributed by atoms with Gasteiger partial charge in [0.1, 0.15) is 17.6 Å². The molecule has 0 fully saturated rings. The zero-order valence-electron chi connectivity index (χ0n) is 21.8. The third-order valence-corrected chi connectivity index (χ3v) is 7.56. The lowest BCUT2D eigenvalue weighted by Crippen LogP contribution is -2.53. The van der Waals surface area contributed by atoms with Crippen molar-refractivity contribution < 1.29 is 18.7 Å². The van der Waals surface area contributed by atoms with Gasteiger partial charge in [0.15, 0.2) is 6.61 Å². The van der Waals surface area contributed by atoms with Gasteiger partial charge in [-0.25, -0.2) is 4.39 Å². The van der Waals surface area contributed by atoms with Crippen LogP contribution in [0.2, 0.25) is 0 Å². The van der Waals surface area contributed by atoms with Crippen LogP contribution < -0.4 is 10.1 Å². The quantitative estimate of drug-likeness (QED) is 0.302. The number of carbonyl (C=O) groups excluding carboxylic acids is 2. The van der Waals surface area contributed by atoms with Crippen molar-refractivity contribution >= 4 is 27.7 Å². The Morgan fingerprint density at radius 1 is 1.00 bits per heavy atom. The minimum absolute atomic E-state index is 0.0430. The van der Waals surface area contributed by atoms with Crippen LogP contribution in [0.15, 0.2) is 71.2 Å². The second-order valence-corrected chi connectivity index (χ2v) is 10.1. The predicted molar refractivity (Wildman–Crippen MR) is 148 cm³/mol. The minimum Gasteiger partial charge on any atom is -0.484 e. The molecule has 1 N–H and O–H groups in total. The lowest BCUT2D eigenvalue weighted by molar-refractivity contribution is -0.143. The first-order valence-corrected chi connectivity index (χ1v) is 13.2. The van der Waals surface area contributed by atoms with Crippen molar-refractivity contribution in [2.45, 2.75) is 59.2 Å². The van der Waals surface area contributed by atoms with Crippen molar-refractivity contribution in [2.24, 2.45) is 0 Å². The number of nitrogens with zero attached hydrogens (tertiary/aromatic N) is 1. The van der Waals surface area contributed by atoms with Gasteiger partial charge in [-0.3, -0.25) is 9.59 Å².